The number of carbonyl (C=O) groups excluding carboxylic acids is 1. The fourth-order valence-electron chi connectivity index (χ4n) is 5.47. The number of nitrogens with one attached hydrogen (secondary N) is 2. The average Bonchev–Trinajstić information content (AvgIpc) is 3.37. The summed E-state index contributed by atoms with van der Waals surface area (Å²) in [7, 11) is 2.16. The van der Waals surface area contributed by atoms with Crippen LogP contribution in [0.5, 0.6) is 0 Å². The number of hydrogen-bond donors (Lipinski definition) is 2. The van der Waals surface area contributed by atoms with Crippen LogP contribution in [0.1, 0.15) is 56.9 Å². The molecule has 8 heteroatoms. The molecular formula is C31H41N7O. The molecule has 0 unspecified atom stereocenters. The van der Waals surface area contributed by atoms with Crippen LogP contribution in [0.2, 0.25) is 0 Å². The van der Waals surface area contributed by atoms with Crippen molar-refractivity contribution in [1.29, 1.82) is 0 Å². The minimum atomic E-state index is -0.0758. The second-order valence-electron chi connectivity index (χ2n) is 11.1. The predicted octanol–water partition coefficient (Wildman–Crippen LogP) is 4.76. The number of amides is 1. The Balaban J connectivity index is 1.48. The normalized spacial score (nSPS) is 16.6. The lowest BCUT2D eigenvalue weighted by molar-refractivity contribution is 0.0958. The van der Waals surface area contributed by atoms with Crippen molar-refractivity contribution >= 4 is 22.6 Å². The second-order valence-corrected chi connectivity index (χ2v) is 11.1. The van der Waals surface area contributed by atoms with Crippen molar-refractivity contribution in [2.45, 2.75) is 46.6 Å². The van der Waals surface area contributed by atoms with Gasteiger partial charge >= 0.3 is 0 Å². The number of nitrogens with zero attached hydrogens (tertiary/aromatic N) is 5. The van der Waals surface area contributed by atoms with Crippen molar-refractivity contribution in [1.82, 2.24) is 30.3 Å². The van der Waals surface area contributed by atoms with Gasteiger partial charge in [0.1, 0.15) is 5.82 Å². The molecule has 4 heterocycles. The van der Waals surface area contributed by atoms with E-state index in [9.17, 15) is 4.79 Å². The summed E-state index contributed by atoms with van der Waals surface area (Å²) in [5, 5.41) is 12.2. The van der Waals surface area contributed by atoms with Gasteiger partial charge in [0.15, 0.2) is 0 Å². The van der Waals surface area contributed by atoms with Crippen LogP contribution in [0, 0.1) is 0 Å². The van der Waals surface area contributed by atoms with Crippen LogP contribution in [0.4, 0.5) is 5.82 Å². The maximum atomic E-state index is 13.7. The first-order chi connectivity index (χ1) is 18.8. The van der Waals surface area contributed by atoms with E-state index in [1.165, 1.54) is 16.8 Å². The van der Waals surface area contributed by atoms with Crippen LogP contribution < -0.4 is 15.5 Å². The quantitative estimate of drug-likeness (QED) is 0.440. The largest absolute Gasteiger partial charge is 0.385 e. The zero-order valence-corrected chi connectivity index (χ0v) is 23.9. The number of fused-ring (bicyclic) bond motifs is 1. The molecule has 2 aliphatic rings. The van der Waals surface area contributed by atoms with Crippen molar-refractivity contribution in [2.24, 2.45) is 0 Å². The standard InChI is InChI=1S/C31H41N7O/c1-6-7-23-14-22(4)33-18-26(23)19-34-31(39)27-15-25(16-29-28(27)20-35-38(29)21(2)3)24-8-9-32-30(17-24)37-12-10-36(5)11-13-37/h8-9,14-17,20-21,33H,6-7,10-13,18-19H2,1-5H3,(H,34,39). The molecule has 2 aromatic heterocycles. The number of likely N-dealkylation sites (N-methyl/N-ethyl adjacent to an activating group) is 1. The summed E-state index contributed by atoms with van der Waals surface area (Å²) in [5.41, 5.74) is 7.42. The molecule has 5 rings (SSSR count). The van der Waals surface area contributed by atoms with Gasteiger partial charge in [0.25, 0.3) is 5.91 Å². The van der Waals surface area contributed by atoms with Crippen molar-refractivity contribution in [3.8, 4) is 11.1 Å². The van der Waals surface area contributed by atoms with Crippen molar-refractivity contribution in [3.63, 3.8) is 0 Å². The van der Waals surface area contributed by atoms with Gasteiger partial charge in [0, 0.05) is 62.6 Å². The van der Waals surface area contributed by atoms with E-state index in [1.807, 2.05) is 29.2 Å². The molecule has 0 bridgehead atoms. The maximum absolute atomic E-state index is 13.7. The number of aromatic nitrogens is 3. The third kappa shape index (κ3) is 5.86. The number of pyridine rings is 1. The molecule has 1 fully saturated rings. The summed E-state index contributed by atoms with van der Waals surface area (Å²) < 4.78 is 2.00. The smallest absolute Gasteiger partial charge is 0.252 e. The summed E-state index contributed by atoms with van der Waals surface area (Å²) >= 11 is 0. The first-order valence-corrected chi connectivity index (χ1v) is 14.2. The lowest BCUT2D eigenvalue weighted by Crippen LogP contribution is -2.44. The van der Waals surface area contributed by atoms with E-state index in [2.05, 4.69) is 83.5 Å². The van der Waals surface area contributed by atoms with E-state index in [-0.39, 0.29) is 11.9 Å². The van der Waals surface area contributed by atoms with Gasteiger partial charge in [-0.2, -0.15) is 5.10 Å². The number of anilines is 1. The third-order valence-electron chi connectivity index (χ3n) is 7.76. The topological polar surface area (TPSA) is 78.3 Å². The van der Waals surface area contributed by atoms with E-state index in [0.29, 0.717) is 12.1 Å². The minimum Gasteiger partial charge on any atom is -0.385 e. The highest BCUT2D eigenvalue weighted by Gasteiger charge is 2.20. The number of rotatable bonds is 8. The number of piperazine rings is 1. The highest BCUT2D eigenvalue weighted by Crippen LogP contribution is 2.31. The molecule has 1 aromatic carbocycles. The summed E-state index contributed by atoms with van der Waals surface area (Å²) in [5.74, 6) is 0.903. The summed E-state index contributed by atoms with van der Waals surface area (Å²) in [6, 6.07) is 8.52. The Bertz CT molecular complexity index is 1410. The summed E-state index contributed by atoms with van der Waals surface area (Å²) in [6.07, 6.45) is 8.01. The van der Waals surface area contributed by atoms with E-state index in [4.69, 9.17) is 0 Å². The van der Waals surface area contributed by atoms with E-state index in [0.717, 1.165) is 73.4 Å². The lowest BCUT2D eigenvalue weighted by atomic mass is 9.98. The Hall–Kier alpha value is -3.65. The van der Waals surface area contributed by atoms with E-state index in [1.54, 1.807) is 0 Å². The molecule has 2 aliphatic heterocycles. The van der Waals surface area contributed by atoms with Crippen LogP contribution in [0.3, 0.4) is 0 Å². The Morgan fingerprint density at radius 1 is 1.13 bits per heavy atom. The molecule has 0 atom stereocenters. The van der Waals surface area contributed by atoms with Gasteiger partial charge in [-0.1, -0.05) is 13.3 Å². The fraction of sp³-hybridized carbons (Fsp3) is 0.452. The van der Waals surface area contributed by atoms with Crippen LogP contribution in [-0.4, -0.2) is 71.9 Å². The molecule has 1 saturated heterocycles. The molecule has 1 amide bonds. The van der Waals surface area contributed by atoms with E-state index >= 15 is 0 Å². The molecule has 0 saturated carbocycles. The fourth-order valence-corrected chi connectivity index (χ4v) is 5.47. The minimum absolute atomic E-state index is 0.0758. The van der Waals surface area contributed by atoms with Gasteiger partial charge < -0.3 is 20.4 Å². The number of dihydropyridines is 1. The molecule has 206 valence electrons. The number of allylic oxidation sites excluding steroid dienone is 3. The van der Waals surface area contributed by atoms with Gasteiger partial charge in [-0.25, -0.2) is 4.98 Å². The van der Waals surface area contributed by atoms with Crippen LogP contribution >= 0.6 is 0 Å². The Labute approximate surface area is 231 Å². The van der Waals surface area contributed by atoms with Gasteiger partial charge in [-0.15, -0.1) is 0 Å². The van der Waals surface area contributed by atoms with Gasteiger partial charge in [0.05, 0.1) is 17.3 Å². The summed E-state index contributed by atoms with van der Waals surface area (Å²) in [4.78, 5) is 23.1. The van der Waals surface area contributed by atoms with Gasteiger partial charge in [0.2, 0.25) is 0 Å². The van der Waals surface area contributed by atoms with Crippen molar-refractivity contribution in [3.05, 3.63) is 65.1 Å². The maximum Gasteiger partial charge on any atom is 0.252 e. The third-order valence-corrected chi connectivity index (χ3v) is 7.76. The molecule has 8 nitrogen and oxygen atoms in total. The molecule has 39 heavy (non-hydrogen) atoms. The lowest BCUT2D eigenvalue weighted by Gasteiger charge is -2.33. The highest BCUT2D eigenvalue weighted by molar-refractivity contribution is 6.08. The molecular weight excluding hydrogens is 486 g/mol. The van der Waals surface area contributed by atoms with E-state index < -0.39 is 0 Å². The van der Waals surface area contributed by atoms with Crippen LogP contribution in [0.15, 0.2) is 59.6 Å². The summed E-state index contributed by atoms with van der Waals surface area (Å²) in [6.45, 7) is 13.8. The Morgan fingerprint density at radius 2 is 1.92 bits per heavy atom. The Kier molecular flexibility index (Phi) is 8.02. The van der Waals surface area contributed by atoms with Crippen molar-refractivity contribution < 1.29 is 4.79 Å². The van der Waals surface area contributed by atoms with Crippen LogP contribution in [0.25, 0.3) is 22.0 Å². The second kappa shape index (κ2) is 11.6. The van der Waals surface area contributed by atoms with Crippen LogP contribution in [-0.2, 0) is 0 Å². The zero-order chi connectivity index (χ0) is 27.5. The first kappa shape index (κ1) is 26.9. The average molecular weight is 528 g/mol. The monoisotopic (exact) mass is 527 g/mol. The van der Waals surface area contributed by atoms with Gasteiger partial charge in [-0.05, 0) is 86.9 Å². The highest BCUT2D eigenvalue weighted by atomic mass is 16.1. The number of benzene rings is 1. The van der Waals surface area contributed by atoms with Crippen molar-refractivity contribution in [2.75, 3.05) is 51.2 Å². The SMILES string of the molecule is CCCC1=C(CNC(=O)c2cc(-c3ccnc(N4CCN(C)CC4)c3)cc3c2cnn3C(C)C)CNC(C)=C1. The predicted molar refractivity (Wildman–Crippen MR) is 159 cm³/mol. The Morgan fingerprint density at radius 3 is 2.67 bits per heavy atom. The molecule has 0 spiro atoms. The molecule has 3 aromatic rings. The molecule has 0 aliphatic carbocycles. The first-order valence-electron chi connectivity index (χ1n) is 14.2. The molecule has 0 radical (unpaired) electrons. The number of carbonyl (C=O) groups is 1. The number of hydrogen-bond acceptors (Lipinski definition) is 6. The zero-order valence-electron chi connectivity index (χ0n) is 23.9. The van der Waals surface area contributed by atoms with Gasteiger partial charge in [-0.3, -0.25) is 9.48 Å². The molecule has 2 N–H and O–H groups in total.